The summed E-state index contributed by atoms with van der Waals surface area (Å²) in [6.07, 6.45) is 7.20. The number of methoxy groups -OCH3 is 1. The van der Waals surface area contributed by atoms with Crippen LogP contribution >= 0.6 is 23.2 Å². The van der Waals surface area contributed by atoms with Gasteiger partial charge >= 0.3 is 0 Å². The van der Waals surface area contributed by atoms with Crippen LogP contribution in [0.15, 0.2) is 47.7 Å². The number of nitrogens with zero attached hydrogens (tertiary/aromatic N) is 4. The van der Waals surface area contributed by atoms with Crippen LogP contribution in [0.4, 0.5) is 5.95 Å². The Morgan fingerprint density at radius 1 is 1.12 bits per heavy atom. The standard InChI is InChI=1S/C22H24Cl2N6O3/c1-33-19-7-10-27-22(29-19)26-9-4-2-3-8-25-20(31)17-11-16(23)14-30(21(17)32)13-15-5-6-18(24)28-12-15/h5-7,10-12,14H,2-4,8-9,13H2,1H3,(H,25,31)(H,26,27,29). The van der Waals surface area contributed by atoms with Crippen molar-refractivity contribution in [1.29, 1.82) is 0 Å². The Balaban J connectivity index is 1.45. The molecule has 3 rings (SSSR count). The van der Waals surface area contributed by atoms with E-state index in [0.717, 1.165) is 24.8 Å². The van der Waals surface area contributed by atoms with E-state index in [1.54, 1.807) is 37.7 Å². The fraction of sp³-hybridized carbons (Fsp3) is 0.318. The second-order valence-electron chi connectivity index (χ2n) is 7.16. The molecular weight excluding hydrogens is 467 g/mol. The third-order valence-corrected chi connectivity index (χ3v) is 5.13. The molecule has 3 aromatic rings. The van der Waals surface area contributed by atoms with E-state index >= 15 is 0 Å². The monoisotopic (exact) mass is 490 g/mol. The van der Waals surface area contributed by atoms with Gasteiger partial charge in [0, 0.05) is 37.7 Å². The molecule has 9 nitrogen and oxygen atoms in total. The first kappa shape index (κ1) is 24.5. The summed E-state index contributed by atoms with van der Waals surface area (Å²) in [5.74, 6) is 0.558. The van der Waals surface area contributed by atoms with Crippen LogP contribution in [-0.4, -0.2) is 45.6 Å². The Hall–Kier alpha value is -3.17. The lowest BCUT2D eigenvalue weighted by molar-refractivity contribution is 0.0951. The highest BCUT2D eigenvalue weighted by Gasteiger charge is 2.14. The van der Waals surface area contributed by atoms with Crippen molar-refractivity contribution in [2.24, 2.45) is 0 Å². The number of hydrogen-bond donors (Lipinski definition) is 2. The highest BCUT2D eigenvalue weighted by Crippen LogP contribution is 2.11. The lowest BCUT2D eigenvalue weighted by Gasteiger charge is -2.10. The smallest absolute Gasteiger partial charge is 0.263 e. The first-order valence-corrected chi connectivity index (χ1v) is 11.1. The molecule has 0 saturated heterocycles. The van der Waals surface area contributed by atoms with Crippen LogP contribution in [0.25, 0.3) is 0 Å². The van der Waals surface area contributed by atoms with E-state index in [1.807, 2.05) is 0 Å². The number of ether oxygens (including phenoxy) is 1. The van der Waals surface area contributed by atoms with Gasteiger partial charge in [0.1, 0.15) is 10.7 Å². The first-order chi connectivity index (χ1) is 16.0. The van der Waals surface area contributed by atoms with E-state index in [1.165, 1.54) is 16.8 Å². The van der Waals surface area contributed by atoms with Gasteiger partial charge in [0.25, 0.3) is 11.5 Å². The van der Waals surface area contributed by atoms with Gasteiger partial charge in [0.2, 0.25) is 11.8 Å². The molecule has 0 aliphatic heterocycles. The zero-order valence-electron chi connectivity index (χ0n) is 18.1. The maximum Gasteiger partial charge on any atom is 0.263 e. The molecule has 0 aromatic carbocycles. The Bertz CT molecular complexity index is 1140. The van der Waals surface area contributed by atoms with Crippen molar-refractivity contribution >= 4 is 35.1 Å². The van der Waals surface area contributed by atoms with Gasteiger partial charge in [0.15, 0.2) is 0 Å². The van der Waals surface area contributed by atoms with Gasteiger partial charge in [-0.2, -0.15) is 4.98 Å². The van der Waals surface area contributed by atoms with E-state index in [2.05, 4.69) is 25.6 Å². The molecular formula is C22H24Cl2N6O3. The minimum Gasteiger partial charge on any atom is -0.481 e. The number of halogens is 2. The van der Waals surface area contributed by atoms with E-state index < -0.39 is 11.5 Å². The summed E-state index contributed by atoms with van der Waals surface area (Å²) in [5.41, 5.74) is 0.346. The zero-order chi connectivity index (χ0) is 23.6. The van der Waals surface area contributed by atoms with E-state index in [0.29, 0.717) is 35.1 Å². The predicted molar refractivity (Wildman–Crippen MR) is 127 cm³/mol. The molecule has 3 heterocycles. The van der Waals surface area contributed by atoms with Gasteiger partial charge in [-0.25, -0.2) is 9.97 Å². The fourth-order valence-corrected chi connectivity index (χ4v) is 3.38. The van der Waals surface area contributed by atoms with Crippen LogP contribution in [0.5, 0.6) is 5.88 Å². The summed E-state index contributed by atoms with van der Waals surface area (Å²) in [6.45, 7) is 1.37. The predicted octanol–water partition coefficient (Wildman–Crippen LogP) is 3.41. The van der Waals surface area contributed by atoms with Gasteiger partial charge in [-0.1, -0.05) is 29.3 Å². The van der Waals surface area contributed by atoms with E-state index in [4.69, 9.17) is 27.9 Å². The highest BCUT2D eigenvalue weighted by atomic mass is 35.5. The molecule has 0 fully saturated rings. The van der Waals surface area contributed by atoms with Crippen LogP contribution in [0.2, 0.25) is 10.2 Å². The summed E-state index contributed by atoms with van der Waals surface area (Å²) >= 11 is 11.9. The first-order valence-electron chi connectivity index (χ1n) is 10.4. The topological polar surface area (TPSA) is 111 Å². The quantitative estimate of drug-likeness (QED) is 0.312. The molecule has 0 atom stereocenters. The molecule has 0 radical (unpaired) electrons. The minimum atomic E-state index is -0.451. The lowest BCUT2D eigenvalue weighted by atomic mass is 10.2. The third kappa shape index (κ3) is 7.44. The molecule has 11 heteroatoms. The van der Waals surface area contributed by atoms with Crippen molar-refractivity contribution in [3.8, 4) is 5.88 Å². The number of hydrogen-bond acceptors (Lipinski definition) is 7. The van der Waals surface area contributed by atoms with Crippen molar-refractivity contribution in [1.82, 2.24) is 24.8 Å². The number of anilines is 1. The number of rotatable bonds is 11. The van der Waals surface area contributed by atoms with Crippen LogP contribution in [0.3, 0.4) is 0 Å². The molecule has 0 unspecified atom stereocenters. The van der Waals surface area contributed by atoms with Crippen LogP contribution in [0, 0.1) is 0 Å². The van der Waals surface area contributed by atoms with Crippen molar-refractivity contribution in [3.63, 3.8) is 0 Å². The maximum atomic E-state index is 12.8. The van der Waals surface area contributed by atoms with Gasteiger partial charge in [-0.15, -0.1) is 0 Å². The van der Waals surface area contributed by atoms with Crippen LogP contribution in [0.1, 0.15) is 35.2 Å². The van der Waals surface area contributed by atoms with Crippen molar-refractivity contribution < 1.29 is 9.53 Å². The molecule has 0 spiro atoms. The summed E-state index contributed by atoms with van der Waals surface area (Å²) in [4.78, 5) is 37.6. The third-order valence-electron chi connectivity index (χ3n) is 4.70. The van der Waals surface area contributed by atoms with Gasteiger partial charge in [-0.05, 0) is 37.0 Å². The summed E-state index contributed by atoms with van der Waals surface area (Å²) in [5, 5.41) is 6.58. The summed E-state index contributed by atoms with van der Waals surface area (Å²) in [6, 6.07) is 6.46. The average Bonchev–Trinajstić information content (AvgIpc) is 2.82. The van der Waals surface area contributed by atoms with Gasteiger partial charge in [-0.3, -0.25) is 9.59 Å². The van der Waals surface area contributed by atoms with Gasteiger partial charge < -0.3 is 19.9 Å². The zero-order valence-corrected chi connectivity index (χ0v) is 19.6. The molecule has 0 saturated carbocycles. The van der Waals surface area contributed by atoms with E-state index in [-0.39, 0.29) is 12.1 Å². The number of carbonyl (C=O) groups excluding carboxylic acids is 1. The highest BCUT2D eigenvalue weighted by molar-refractivity contribution is 6.30. The number of nitrogens with one attached hydrogen (secondary N) is 2. The Labute approximate surface area is 201 Å². The SMILES string of the molecule is COc1ccnc(NCCCCCNC(=O)c2cc(Cl)cn(Cc3ccc(Cl)nc3)c2=O)n1. The second kappa shape index (κ2) is 12.2. The minimum absolute atomic E-state index is 0.00117. The lowest BCUT2D eigenvalue weighted by Crippen LogP contribution is -2.33. The Morgan fingerprint density at radius 3 is 2.70 bits per heavy atom. The number of unbranched alkanes of at least 4 members (excludes halogenated alkanes) is 2. The van der Waals surface area contributed by atoms with Crippen LogP contribution < -0.4 is 20.9 Å². The van der Waals surface area contributed by atoms with Crippen LogP contribution in [-0.2, 0) is 6.54 Å². The molecule has 0 aliphatic carbocycles. The molecule has 2 N–H and O–H groups in total. The summed E-state index contributed by atoms with van der Waals surface area (Å²) in [7, 11) is 1.55. The van der Waals surface area contributed by atoms with Crippen molar-refractivity contribution in [2.75, 3.05) is 25.5 Å². The largest absolute Gasteiger partial charge is 0.481 e. The number of carbonyl (C=O) groups is 1. The maximum absolute atomic E-state index is 12.8. The summed E-state index contributed by atoms with van der Waals surface area (Å²) < 4.78 is 6.44. The molecule has 1 amide bonds. The number of aromatic nitrogens is 4. The van der Waals surface area contributed by atoms with E-state index in [9.17, 15) is 9.59 Å². The Kier molecular flexibility index (Phi) is 9.03. The Morgan fingerprint density at radius 2 is 1.94 bits per heavy atom. The average molecular weight is 491 g/mol. The number of amides is 1. The van der Waals surface area contributed by atoms with Crippen molar-refractivity contribution in [2.45, 2.75) is 25.8 Å². The van der Waals surface area contributed by atoms with Crippen molar-refractivity contribution in [3.05, 3.63) is 74.5 Å². The molecule has 33 heavy (non-hydrogen) atoms. The fourth-order valence-electron chi connectivity index (χ4n) is 3.04. The molecule has 0 bridgehead atoms. The molecule has 0 aliphatic rings. The normalized spacial score (nSPS) is 10.6. The second-order valence-corrected chi connectivity index (χ2v) is 7.98. The number of pyridine rings is 2. The molecule has 174 valence electrons. The molecule has 3 aromatic heterocycles. The van der Waals surface area contributed by atoms with Gasteiger partial charge in [0.05, 0.1) is 18.7 Å².